The quantitative estimate of drug-likeness (QED) is 0.176. The van der Waals surface area contributed by atoms with Gasteiger partial charge in [-0.15, -0.1) is 0 Å². The average molecular weight is 725 g/mol. The van der Waals surface area contributed by atoms with E-state index in [1.807, 2.05) is 66.7 Å². The van der Waals surface area contributed by atoms with Crippen molar-refractivity contribution in [3.63, 3.8) is 0 Å². The number of hydrogen-bond acceptors (Lipinski definition) is 6. The van der Waals surface area contributed by atoms with Crippen molar-refractivity contribution in [1.82, 2.24) is 15.0 Å². The van der Waals surface area contributed by atoms with E-state index >= 15 is 0 Å². The van der Waals surface area contributed by atoms with Gasteiger partial charge >= 0.3 is 0 Å². The van der Waals surface area contributed by atoms with E-state index in [9.17, 15) is 5.26 Å². The fraction of sp³-hybridized carbons (Fsp3) is 0.0612. The third-order valence-corrected chi connectivity index (χ3v) is 11.9. The SMILES string of the molecule is CC1(C)c2ccccc2Sc2c(C#N)cc(-c3ccccc3-c3nc(-c4ccccc4)nc(-c4ccc(-c5cccc6c5oc5ccccc56)cc4)n3)cc21. The van der Waals surface area contributed by atoms with Crippen molar-refractivity contribution >= 4 is 33.7 Å². The molecule has 0 aliphatic carbocycles. The number of nitrogens with zero attached hydrogens (tertiary/aromatic N) is 4. The van der Waals surface area contributed by atoms with Crippen LogP contribution in [0.2, 0.25) is 0 Å². The highest BCUT2D eigenvalue weighted by Gasteiger charge is 2.35. The smallest absolute Gasteiger partial charge is 0.164 e. The average Bonchev–Trinajstić information content (AvgIpc) is 3.63. The Morgan fingerprint density at radius 2 is 1.15 bits per heavy atom. The second-order valence-corrected chi connectivity index (χ2v) is 15.4. The fourth-order valence-electron chi connectivity index (χ4n) is 7.81. The lowest BCUT2D eigenvalue weighted by atomic mass is 9.76. The maximum absolute atomic E-state index is 10.5. The molecule has 0 bridgehead atoms. The Morgan fingerprint density at radius 3 is 1.95 bits per heavy atom. The van der Waals surface area contributed by atoms with Crippen LogP contribution in [0.5, 0.6) is 0 Å². The molecule has 9 aromatic rings. The van der Waals surface area contributed by atoms with Crippen molar-refractivity contribution in [2.45, 2.75) is 29.1 Å². The van der Waals surface area contributed by atoms with Crippen molar-refractivity contribution in [2.24, 2.45) is 0 Å². The Hall–Kier alpha value is -6.81. The van der Waals surface area contributed by atoms with Crippen LogP contribution in [0.15, 0.2) is 172 Å². The summed E-state index contributed by atoms with van der Waals surface area (Å²) in [5, 5.41) is 12.7. The van der Waals surface area contributed by atoms with Gasteiger partial charge in [0.05, 0.1) is 5.56 Å². The molecule has 0 saturated carbocycles. The van der Waals surface area contributed by atoms with Gasteiger partial charge in [-0.25, -0.2) is 15.0 Å². The molecule has 0 saturated heterocycles. The summed E-state index contributed by atoms with van der Waals surface area (Å²) < 4.78 is 6.35. The molecule has 6 heteroatoms. The maximum atomic E-state index is 10.5. The monoisotopic (exact) mass is 724 g/mol. The second kappa shape index (κ2) is 12.9. The summed E-state index contributed by atoms with van der Waals surface area (Å²) in [6.45, 7) is 4.49. The fourth-order valence-corrected chi connectivity index (χ4v) is 9.25. The normalized spacial score (nSPS) is 13.0. The number of fused-ring (bicyclic) bond motifs is 5. The highest BCUT2D eigenvalue weighted by Crippen LogP contribution is 2.51. The van der Waals surface area contributed by atoms with Crippen molar-refractivity contribution in [2.75, 3.05) is 0 Å². The molecule has 0 radical (unpaired) electrons. The van der Waals surface area contributed by atoms with Crippen molar-refractivity contribution in [1.29, 1.82) is 5.26 Å². The first kappa shape index (κ1) is 32.8. The molecule has 5 nitrogen and oxygen atoms in total. The lowest BCUT2D eigenvalue weighted by Gasteiger charge is -2.35. The Morgan fingerprint density at radius 1 is 0.527 bits per heavy atom. The minimum Gasteiger partial charge on any atom is -0.455 e. The molecule has 1 aliphatic rings. The summed E-state index contributed by atoms with van der Waals surface area (Å²) in [6, 6.07) is 56.3. The van der Waals surface area contributed by atoms with Crippen LogP contribution in [0.1, 0.15) is 30.5 Å². The van der Waals surface area contributed by atoms with Gasteiger partial charge in [0, 0.05) is 48.2 Å². The molecule has 0 fully saturated rings. The van der Waals surface area contributed by atoms with E-state index < -0.39 is 0 Å². The molecule has 55 heavy (non-hydrogen) atoms. The molecular formula is C49H32N4OS. The van der Waals surface area contributed by atoms with Gasteiger partial charge in [0.1, 0.15) is 17.2 Å². The molecule has 0 amide bonds. The third kappa shape index (κ3) is 5.51. The highest BCUT2D eigenvalue weighted by atomic mass is 32.2. The summed E-state index contributed by atoms with van der Waals surface area (Å²) in [4.78, 5) is 17.5. The number of furan rings is 1. The molecule has 10 rings (SSSR count). The minimum absolute atomic E-state index is 0.295. The standard InChI is InChI=1S/C49H32N4OS/c1-49(2)40-20-9-11-22-43(40)55-45-34(29-50)27-33(28-41(45)49)35-15-6-7-17-39(35)48-52-46(31-13-4-3-5-14-31)51-47(53-48)32-25-23-30(24-26-32)36-18-12-19-38-37-16-8-10-21-42(37)54-44(36)38/h3-28H,1-2H3. The molecule has 0 atom stereocenters. The summed E-state index contributed by atoms with van der Waals surface area (Å²) >= 11 is 1.68. The van der Waals surface area contributed by atoms with Crippen LogP contribution in [-0.4, -0.2) is 15.0 Å². The van der Waals surface area contributed by atoms with Gasteiger partial charge < -0.3 is 4.42 Å². The van der Waals surface area contributed by atoms with E-state index in [2.05, 4.69) is 111 Å². The Kier molecular flexibility index (Phi) is 7.72. The predicted octanol–water partition coefficient (Wildman–Crippen LogP) is 12.8. The van der Waals surface area contributed by atoms with E-state index in [1.54, 1.807) is 11.8 Å². The number of para-hydroxylation sites is 2. The van der Waals surface area contributed by atoms with Crippen molar-refractivity contribution < 1.29 is 4.42 Å². The predicted molar refractivity (Wildman–Crippen MR) is 222 cm³/mol. The summed E-state index contributed by atoms with van der Waals surface area (Å²) in [5.41, 5.74) is 11.1. The highest BCUT2D eigenvalue weighted by molar-refractivity contribution is 7.99. The third-order valence-electron chi connectivity index (χ3n) is 10.7. The Labute approximate surface area is 323 Å². The van der Waals surface area contributed by atoms with Gasteiger partial charge in [-0.3, -0.25) is 0 Å². The van der Waals surface area contributed by atoms with Crippen LogP contribution in [0.3, 0.4) is 0 Å². The van der Waals surface area contributed by atoms with Crippen LogP contribution in [0, 0.1) is 11.3 Å². The first-order valence-electron chi connectivity index (χ1n) is 18.2. The minimum atomic E-state index is -0.295. The molecule has 7 aromatic carbocycles. The maximum Gasteiger partial charge on any atom is 0.164 e. The van der Waals surface area contributed by atoms with Gasteiger partial charge in [-0.05, 0) is 52.1 Å². The largest absolute Gasteiger partial charge is 0.455 e. The molecular weight excluding hydrogens is 693 g/mol. The Bertz CT molecular complexity index is 3000. The number of benzene rings is 7. The van der Waals surface area contributed by atoms with E-state index in [4.69, 9.17) is 19.4 Å². The zero-order chi connectivity index (χ0) is 37.1. The second-order valence-electron chi connectivity index (χ2n) is 14.3. The molecule has 260 valence electrons. The Balaban J connectivity index is 1.10. The molecule has 2 aromatic heterocycles. The van der Waals surface area contributed by atoms with Crippen LogP contribution >= 0.6 is 11.8 Å². The van der Waals surface area contributed by atoms with Crippen LogP contribution in [-0.2, 0) is 5.41 Å². The number of hydrogen-bond donors (Lipinski definition) is 0. The van der Waals surface area contributed by atoms with E-state index in [-0.39, 0.29) is 5.41 Å². The topological polar surface area (TPSA) is 75.6 Å². The summed E-state index contributed by atoms with van der Waals surface area (Å²) in [6.07, 6.45) is 0. The number of aromatic nitrogens is 3. The van der Waals surface area contributed by atoms with Gasteiger partial charge in [0.25, 0.3) is 0 Å². The summed E-state index contributed by atoms with van der Waals surface area (Å²) in [7, 11) is 0. The van der Waals surface area contributed by atoms with Crippen LogP contribution < -0.4 is 0 Å². The molecule has 3 heterocycles. The van der Waals surface area contributed by atoms with Gasteiger partial charge in [0.15, 0.2) is 17.5 Å². The van der Waals surface area contributed by atoms with Gasteiger partial charge in [0.2, 0.25) is 0 Å². The lowest BCUT2D eigenvalue weighted by Crippen LogP contribution is -2.24. The van der Waals surface area contributed by atoms with E-state index in [0.29, 0.717) is 23.0 Å². The van der Waals surface area contributed by atoms with Crippen LogP contribution in [0.25, 0.3) is 78.4 Å². The van der Waals surface area contributed by atoms with Gasteiger partial charge in [-0.2, -0.15) is 5.26 Å². The molecule has 0 unspecified atom stereocenters. The van der Waals surface area contributed by atoms with E-state index in [1.165, 1.54) is 10.5 Å². The first-order valence-corrected chi connectivity index (χ1v) is 19.1. The van der Waals surface area contributed by atoms with E-state index in [0.717, 1.165) is 71.3 Å². The summed E-state index contributed by atoms with van der Waals surface area (Å²) in [5.74, 6) is 1.72. The van der Waals surface area contributed by atoms with Crippen molar-refractivity contribution in [3.8, 4) is 62.5 Å². The number of nitriles is 1. The molecule has 1 aliphatic heterocycles. The first-order chi connectivity index (χ1) is 27.0. The molecule has 0 spiro atoms. The van der Waals surface area contributed by atoms with Gasteiger partial charge in [-0.1, -0.05) is 159 Å². The number of rotatable bonds is 5. The zero-order valence-electron chi connectivity index (χ0n) is 30.1. The zero-order valence-corrected chi connectivity index (χ0v) is 30.9. The lowest BCUT2D eigenvalue weighted by molar-refractivity contribution is 0.607. The van der Waals surface area contributed by atoms with Crippen molar-refractivity contribution in [3.05, 3.63) is 174 Å². The van der Waals surface area contributed by atoms with Crippen LogP contribution in [0.4, 0.5) is 0 Å². The molecule has 0 N–H and O–H groups in total.